The van der Waals surface area contributed by atoms with Gasteiger partial charge in [0.15, 0.2) is 5.69 Å². The third kappa shape index (κ3) is 2.39. The van der Waals surface area contributed by atoms with Crippen LogP contribution in [0.2, 0.25) is 0 Å². The summed E-state index contributed by atoms with van der Waals surface area (Å²) in [4.78, 5) is 17.4. The Hall–Kier alpha value is -2.09. The first-order chi connectivity index (χ1) is 8.97. The normalized spacial score (nSPS) is 21.7. The number of piperidine rings is 1. The number of carbonyl (C=O) groups is 1. The van der Waals surface area contributed by atoms with E-state index in [-0.39, 0.29) is 11.1 Å². The molecule has 1 atom stereocenters. The zero-order valence-electron chi connectivity index (χ0n) is 11.1. The van der Waals surface area contributed by atoms with E-state index < -0.39 is 12.0 Å². The maximum absolute atomic E-state index is 11.6. The largest absolute Gasteiger partial charge is 0.480 e. The third-order valence-electron chi connectivity index (χ3n) is 3.71. The van der Waals surface area contributed by atoms with Gasteiger partial charge in [-0.1, -0.05) is 13.8 Å². The molecule has 1 aromatic heterocycles. The Kier molecular flexibility index (Phi) is 3.43. The molecule has 0 saturated carbocycles. The minimum absolute atomic E-state index is 0.284. The SMILES string of the molecule is CC1(C)CCCN(c2cccnc2C#N)C1C(=O)O. The van der Waals surface area contributed by atoms with Crippen LogP contribution in [0.5, 0.6) is 0 Å². The number of hydrogen-bond acceptors (Lipinski definition) is 4. The number of carboxylic acid groups (broad SMARTS) is 1. The fraction of sp³-hybridized carbons (Fsp3) is 0.500. The monoisotopic (exact) mass is 259 g/mol. The van der Waals surface area contributed by atoms with E-state index in [4.69, 9.17) is 5.26 Å². The van der Waals surface area contributed by atoms with Gasteiger partial charge in [0.1, 0.15) is 12.1 Å². The molecule has 1 aliphatic rings. The average Bonchev–Trinajstić information content (AvgIpc) is 2.36. The van der Waals surface area contributed by atoms with Crippen LogP contribution in [0.3, 0.4) is 0 Å². The molecule has 0 radical (unpaired) electrons. The second-order valence-electron chi connectivity index (χ2n) is 5.51. The predicted octanol–water partition coefficient (Wildman–Crippen LogP) is 2.03. The molecule has 5 nitrogen and oxygen atoms in total. The van der Waals surface area contributed by atoms with Crippen LogP contribution in [0.15, 0.2) is 18.3 Å². The first-order valence-electron chi connectivity index (χ1n) is 6.32. The number of hydrogen-bond donors (Lipinski definition) is 1. The molecular formula is C14H17N3O2. The van der Waals surface area contributed by atoms with Gasteiger partial charge in [-0.3, -0.25) is 0 Å². The van der Waals surface area contributed by atoms with Crippen LogP contribution in [-0.4, -0.2) is 28.6 Å². The quantitative estimate of drug-likeness (QED) is 0.879. The van der Waals surface area contributed by atoms with Gasteiger partial charge in [-0.05, 0) is 30.4 Å². The van der Waals surface area contributed by atoms with E-state index in [1.54, 1.807) is 23.2 Å². The van der Waals surface area contributed by atoms with E-state index in [1.807, 2.05) is 19.9 Å². The van der Waals surface area contributed by atoms with Crippen molar-refractivity contribution in [2.24, 2.45) is 5.41 Å². The lowest BCUT2D eigenvalue weighted by atomic mass is 9.76. The second kappa shape index (κ2) is 4.88. The highest BCUT2D eigenvalue weighted by molar-refractivity contribution is 5.80. The maximum Gasteiger partial charge on any atom is 0.326 e. The van der Waals surface area contributed by atoms with E-state index in [1.165, 1.54) is 0 Å². The zero-order chi connectivity index (χ0) is 14.0. The molecule has 2 rings (SSSR count). The summed E-state index contributed by atoms with van der Waals surface area (Å²) < 4.78 is 0. The molecule has 0 bridgehead atoms. The van der Waals surface area contributed by atoms with E-state index in [0.717, 1.165) is 12.8 Å². The molecule has 1 fully saturated rings. The minimum atomic E-state index is -0.850. The van der Waals surface area contributed by atoms with Crippen molar-refractivity contribution < 1.29 is 9.90 Å². The number of aliphatic carboxylic acids is 1. The Balaban J connectivity index is 2.47. The number of anilines is 1. The van der Waals surface area contributed by atoms with Crippen molar-refractivity contribution in [1.82, 2.24) is 4.98 Å². The van der Waals surface area contributed by atoms with Gasteiger partial charge < -0.3 is 10.0 Å². The Morgan fingerprint density at radius 3 is 3.00 bits per heavy atom. The first kappa shape index (κ1) is 13.3. The number of pyridine rings is 1. The molecule has 0 aromatic carbocycles. The van der Waals surface area contributed by atoms with E-state index >= 15 is 0 Å². The Bertz CT molecular complexity index is 534. The van der Waals surface area contributed by atoms with Gasteiger partial charge in [-0.2, -0.15) is 5.26 Å². The molecule has 1 aromatic rings. The van der Waals surface area contributed by atoms with Crippen molar-refractivity contribution in [3.63, 3.8) is 0 Å². The summed E-state index contributed by atoms with van der Waals surface area (Å²) in [5.74, 6) is -0.850. The molecule has 1 N–H and O–H groups in total. The van der Waals surface area contributed by atoms with Crippen molar-refractivity contribution in [2.45, 2.75) is 32.7 Å². The van der Waals surface area contributed by atoms with Gasteiger partial charge in [-0.25, -0.2) is 9.78 Å². The molecule has 19 heavy (non-hydrogen) atoms. The lowest BCUT2D eigenvalue weighted by Crippen LogP contribution is -2.54. The third-order valence-corrected chi connectivity index (χ3v) is 3.71. The lowest BCUT2D eigenvalue weighted by Gasteiger charge is -2.45. The summed E-state index contributed by atoms with van der Waals surface area (Å²) in [6, 6.07) is 4.91. The van der Waals surface area contributed by atoms with Crippen LogP contribution in [-0.2, 0) is 4.79 Å². The second-order valence-corrected chi connectivity index (χ2v) is 5.51. The number of carboxylic acids is 1. The standard InChI is InChI=1S/C14H17N3O2/c1-14(2)6-4-8-17(12(14)13(18)19)11-5-3-7-16-10(11)9-15/h3,5,7,12H,4,6,8H2,1-2H3,(H,18,19). The predicted molar refractivity (Wildman–Crippen MR) is 70.7 cm³/mol. The van der Waals surface area contributed by atoms with Crippen molar-refractivity contribution in [2.75, 3.05) is 11.4 Å². The van der Waals surface area contributed by atoms with Gasteiger partial charge in [0.25, 0.3) is 0 Å². The lowest BCUT2D eigenvalue weighted by molar-refractivity contribution is -0.142. The summed E-state index contributed by atoms with van der Waals surface area (Å²) in [5.41, 5.74) is 0.573. The van der Waals surface area contributed by atoms with Crippen LogP contribution in [0.1, 0.15) is 32.4 Å². The number of nitrogens with zero attached hydrogens (tertiary/aromatic N) is 3. The van der Waals surface area contributed by atoms with Crippen molar-refractivity contribution in [3.8, 4) is 6.07 Å². The van der Waals surface area contributed by atoms with Gasteiger partial charge in [0, 0.05) is 12.7 Å². The van der Waals surface area contributed by atoms with Crippen LogP contribution in [0, 0.1) is 16.7 Å². The van der Waals surface area contributed by atoms with Crippen LogP contribution < -0.4 is 4.90 Å². The van der Waals surface area contributed by atoms with Crippen LogP contribution >= 0.6 is 0 Å². The maximum atomic E-state index is 11.6. The van der Waals surface area contributed by atoms with E-state index in [2.05, 4.69) is 4.98 Å². The molecule has 0 amide bonds. The number of rotatable bonds is 2. The Labute approximate surface area is 112 Å². The smallest absolute Gasteiger partial charge is 0.326 e. The first-order valence-corrected chi connectivity index (χ1v) is 6.32. The Morgan fingerprint density at radius 2 is 2.37 bits per heavy atom. The average molecular weight is 259 g/mol. The highest BCUT2D eigenvalue weighted by Crippen LogP contribution is 2.38. The van der Waals surface area contributed by atoms with Gasteiger partial charge in [-0.15, -0.1) is 0 Å². The highest BCUT2D eigenvalue weighted by Gasteiger charge is 2.43. The van der Waals surface area contributed by atoms with Gasteiger partial charge in [0.2, 0.25) is 0 Å². The molecule has 0 aliphatic carbocycles. The number of nitriles is 1. The fourth-order valence-electron chi connectivity index (χ4n) is 2.83. The summed E-state index contributed by atoms with van der Waals surface area (Å²) in [7, 11) is 0. The topological polar surface area (TPSA) is 77.2 Å². The molecule has 5 heteroatoms. The molecule has 1 saturated heterocycles. The molecule has 100 valence electrons. The number of aromatic nitrogens is 1. The summed E-state index contributed by atoms with van der Waals surface area (Å²) in [5, 5.41) is 18.6. The Morgan fingerprint density at radius 1 is 1.63 bits per heavy atom. The highest BCUT2D eigenvalue weighted by atomic mass is 16.4. The summed E-state index contributed by atoms with van der Waals surface area (Å²) in [6.45, 7) is 4.56. The van der Waals surface area contributed by atoms with Crippen LogP contribution in [0.25, 0.3) is 0 Å². The molecular weight excluding hydrogens is 242 g/mol. The van der Waals surface area contributed by atoms with E-state index in [0.29, 0.717) is 12.2 Å². The van der Waals surface area contributed by atoms with Crippen molar-refractivity contribution >= 4 is 11.7 Å². The molecule has 1 aliphatic heterocycles. The zero-order valence-corrected chi connectivity index (χ0v) is 11.1. The van der Waals surface area contributed by atoms with Crippen molar-refractivity contribution in [1.29, 1.82) is 5.26 Å². The molecule has 1 unspecified atom stereocenters. The molecule has 2 heterocycles. The van der Waals surface area contributed by atoms with E-state index in [9.17, 15) is 9.90 Å². The summed E-state index contributed by atoms with van der Waals surface area (Å²) in [6.07, 6.45) is 3.33. The minimum Gasteiger partial charge on any atom is -0.480 e. The van der Waals surface area contributed by atoms with Crippen LogP contribution in [0.4, 0.5) is 5.69 Å². The summed E-state index contributed by atoms with van der Waals surface area (Å²) >= 11 is 0. The van der Waals surface area contributed by atoms with Gasteiger partial charge in [0.05, 0.1) is 5.69 Å². The van der Waals surface area contributed by atoms with Gasteiger partial charge >= 0.3 is 5.97 Å². The van der Waals surface area contributed by atoms with Crippen molar-refractivity contribution in [3.05, 3.63) is 24.0 Å². The fourth-order valence-corrected chi connectivity index (χ4v) is 2.83. The molecule has 0 spiro atoms.